The number of Topliss-reactive ketones (excluding diaryl/α,β-unsaturated/α-hetero) is 1. The standard InChI is InChI=1S/C11H17NO2/c13-10(8-4-1-2-5-8)9-6-3-7-12-11(9)14/h8-9H,1-7H2,(H,12,14). The zero-order valence-corrected chi connectivity index (χ0v) is 8.42. The highest BCUT2D eigenvalue weighted by Gasteiger charge is 2.34. The molecule has 1 N–H and O–H groups in total. The summed E-state index contributed by atoms with van der Waals surface area (Å²) in [6.07, 6.45) is 6.04. The molecule has 0 aromatic rings. The lowest BCUT2D eigenvalue weighted by Crippen LogP contribution is -2.42. The highest BCUT2D eigenvalue weighted by Crippen LogP contribution is 2.29. The summed E-state index contributed by atoms with van der Waals surface area (Å²) in [6.45, 7) is 0.743. The molecule has 3 nitrogen and oxygen atoms in total. The van der Waals surface area contributed by atoms with Crippen LogP contribution >= 0.6 is 0 Å². The maximum absolute atomic E-state index is 11.9. The summed E-state index contributed by atoms with van der Waals surface area (Å²) in [5.41, 5.74) is 0. The number of rotatable bonds is 2. The van der Waals surface area contributed by atoms with Crippen molar-refractivity contribution in [3.05, 3.63) is 0 Å². The van der Waals surface area contributed by atoms with E-state index in [1.807, 2.05) is 0 Å². The van der Waals surface area contributed by atoms with Crippen molar-refractivity contribution < 1.29 is 9.59 Å². The lowest BCUT2D eigenvalue weighted by molar-refractivity contribution is -0.137. The molecule has 2 fully saturated rings. The summed E-state index contributed by atoms with van der Waals surface area (Å²) >= 11 is 0. The second kappa shape index (κ2) is 4.11. The van der Waals surface area contributed by atoms with Gasteiger partial charge in [0.25, 0.3) is 0 Å². The van der Waals surface area contributed by atoms with Crippen molar-refractivity contribution in [1.82, 2.24) is 5.32 Å². The van der Waals surface area contributed by atoms with E-state index in [4.69, 9.17) is 0 Å². The smallest absolute Gasteiger partial charge is 0.230 e. The zero-order valence-electron chi connectivity index (χ0n) is 8.42. The Morgan fingerprint density at radius 3 is 2.50 bits per heavy atom. The molecule has 2 rings (SSSR count). The predicted molar refractivity (Wildman–Crippen MR) is 52.7 cm³/mol. The number of hydrogen-bond donors (Lipinski definition) is 1. The minimum atomic E-state index is -0.327. The average molecular weight is 195 g/mol. The maximum Gasteiger partial charge on any atom is 0.230 e. The fraction of sp³-hybridized carbons (Fsp3) is 0.818. The number of nitrogens with one attached hydrogen (secondary N) is 1. The fourth-order valence-electron chi connectivity index (χ4n) is 2.54. The van der Waals surface area contributed by atoms with Gasteiger partial charge in [0, 0.05) is 12.5 Å². The minimum Gasteiger partial charge on any atom is -0.355 e. The topological polar surface area (TPSA) is 46.2 Å². The van der Waals surface area contributed by atoms with Gasteiger partial charge in [0.05, 0.1) is 5.92 Å². The maximum atomic E-state index is 11.9. The molecular formula is C11H17NO2. The molecule has 3 heteroatoms. The van der Waals surface area contributed by atoms with Crippen LogP contribution in [0.4, 0.5) is 0 Å². The van der Waals surface area contributed by atoms with Gasteiger partial charge >= 0.3 is 0 Å². The Kier molecular flexibility index (Phi) is 2.85. The molecule has 0 bridgehead atoms. The highest BCUT2D eigenvalue weighted by molar-refractivity contribution is 6.02. The third kappa shape index (κ3) is 1.81. The van der Waals surface area contributed by atoms with E-state index in [2.05, 4.69) is 5.32 Å². The summed E-state index contributed by atoms with van der Waals surface area (Å²) in [5.74, 6) is 0.0311. The third-order valence-electron chi connectivity index (χ3n) is 3.39. The monoisotopic (exact) mass is 195 g/mol. The van der Waals surface area contributed by atoms with Crippen LogP contribution in [0, 0.1) is 11.8 Å². The van der Waals surface area contributed by atoms with E-state index in [1.54, 1.807) is 0 Å². The van der Waals surface area contributed by atoms with Crippen LogP contribution < -0.4 is 5.32 Å². The van der Waals surface area contributed by atoms with E-state index in [9.17, 15) is 9.59 Å². The quantitative estimate of drug-likeness (QED) is 0.674. The molecule has 2 aliphatic rings. The van der Waals surface area contributed by atoms with Crippen molar-refractivity contribution in [3.8, 4) is 0 Å². The minimum absolute atomic E-state index is 0.0341. The molecule has 78 valence electrons. The number of amides is 1. The summed E-state index contributed by atoms with van der Waals surface area (Å²) in [4.78, 5) is 23.4. The molecule has 1 unspecified atom stereocenters. The Balaban J connectivity index is 1.98. The first-order valence-electron chi connectivity index (χ1n) is 5.60. The molecule has 0 radical (unpaired) electrons. The van der Waals surface area contributed by atoms with Gasteiger partial charge in [-0.05, 0) is 25.7 Å². The number of carbonyl (C=O) groups excluding carboxylic acids is 2. The summed E-state index contributed by atoms with van der Waals surface area (Å²) in [6, 6.07) is 0. The lowest BCUT2D eigenvalue weighted by atomic mass is 9.86. The zero-order chi connectivity index (χ0) is 9.97. The van der Waals surface area contributed by atoms with Crippen LogP contribution in [0.1, 0.15) is 38.5 Å². The second-order valence-electron chi connectivity index (χ2n) is 4.37. The summed E-state index contributed by atoms with van der Waals surface area (Å²) in [5, 5.41) is 2.78. The van der Waals surface area contributed by atoms with Gasteiger partial charge in [-0.25, -0.2) is 0 Å². The van der Waals surface area contributed by atoms with Gasteiger partial charge in [-0.3, -0.25) is 9.59 Å². The van der Waals surface area contributed by atoms with E-state index < -0.39 is 0 Å². The number of carbonyl (C=O) groups is 2. The SMILES string of the molecule is O=C1NCCCC1C(=O)C1CCCC1. The van der Waals surface area contributed by atoms with Gasteiger partial charge in [0.15, 0.2) is 0 Å². The van der Waals surface area contributed by atoms with Crippen molar-refractivity contribution in [2.24, 2.45) is 11.8 Å². The van der Waals surface area contributed by atoms with Gasteiger partial charge in [-0.2, -0.15) is 0 Å². The Hall–Kier alpha value is -0.860. The first-order valence-corrected chi connectivity index (χ1v) is 5.60. The Labute approximate surface area is 84.2 Å². The molecule has 1 aliphatic carbocycles. The van der Waals surface area contributed by atoms with Crippen LogP contribution in [0.25, 0.3) is 0 Å². The number of piperidine rings is 1. The van der Waals surface area contributed by atoms with E-state index in [1.165, 1.54) is 0 Å². The Morgan fingerprint density at radius 1 is 1.14 bits per heavy atom. The van der Waals surface area contributed by atoms with Crippen molar-refractivity contribution in [2.45, 2.75) is 38.5 Å². The van der Waals surface area contributed by atoms with E-state index >= 15 is 0 Å². The van der Waals surface area contributed by atoms with Gasteiger partial charge in [-0.15, -0.1) is 0 Å². The second-order valence-corrected chi connectivity index (χ2v) is 4.37. The fourth-order valence-corrected chi connectivity index (χ4v) is 2.54. The highest BCUT2D eigenvalue weighted by atomic mass is 16.2. The number of hydrogen-bond acceptors (Lipinski definition) is 2. The van der Waals surface area contributed by atoms with Crippen LogP contribution in [-0.4, -0.2) is 18.2 Å². The Morgan fingerprint density at radius 2 is 1.86 bits per heavy atom. The first kappa shape index (κ1) is 9.69. The molecule has 0 aromatic heterocycles. The van der Waals surface area contributed by atoms with Gasteiger partial charge in [0.2, 0.25) is 5.91 Å². The van der Waals surface area contributed by atoms with Crippen LogP contribution in [0.5, 0.6) is 0 Å². The molecule has 1 saturated carbocycles. The predicted octanol–water partition coefficient (Wildman–Crippen LogP) is 1.27. The van der Waals surface area contributed by atoms with Crippen LogP contribution in [0.15, 0.2) is 0 Å². The number of ketones is 1. The first-order chi connectivity index (χ1) is 6.79. The molecule has 1 saturated heterocycles. The van der Waals surface area contributed by atoms with Gasteiger partial charge in [0.1, 0.15) is 5.78 Å². The van der Waals surface area contributed by atoms with Crippen molar-refractivity contribution in [1.29, 1.82) is 0 Å². The molecule has 1 heterocycles. The van der Waals surface area contributed by atoms with E-state index in [-0.39, 0.29) is 23.5 Å². The molecule has 14 heavy (non-hydrogen) atoms. The molecule has 0 spiro atoms. The molecular weight excluding hydrogens is 178 g/mol. The van der Waals surface area contributed by atoms with Crippen LogP contribution in [0.3, 0.4) is 0 Å². The van der Waals surface area contributed by atoms with Crippen LogP contribution in [0.2, 0.25) is 0 Å². The average Bonchev–Trinajstić information content (AvgIpc) is 2.70. The van der Waals surface area contributed by atoms with Crippen LogP contribution in [-0.2, 0) is 9.59 Å². The van der Waals surface area contributed by atoms with Crippen molar-refractivity contribution in [2.75, 3.05) is 6.54 Å². The van der Waals surface area contributed by atoms with Gasteiger partial charge in [-0.1, -0.05) is 12.8 Å². The van der Waals surface area contributed by atoms with Crippen molar-refractivity contribution in [3.63, 3.8) is 0 Å². The molecule has 1 atom stereocenters. The summed E-state index contributed by atoms with van der Waals surface area (Å²) < 4.78 is 0. The van der Waals surface area contributed by atoms with Crippen molar-refractivity contribution >= 4 is 11.7 Å². The molecule has 0 aromatic carbocycles. The van der Waals surface area contributed by atoms with E-state index in [0.29, 0.717) is 0 Å². The molecule has 1 amide bonds. The summed E-state index contributed by atoms with van der Waals surface area (Å²) in [7, 11) is 0. The lowest BCUT2D eigenvalue weighted by Gasteiger charge is -2.22. The van der Waals surface area contributed by atoms with E-state index in [0.717, 1.165) is 45.1 Å². The Bertz CT molecular complexity index is 244. The molecule has 1 aliphatic heterocycles. The van der Waals surface area contributed by atoms with Gasteiger partial charge < -0.3 is 5.32 Å². The normalized spacial score (nSPS) is 28.9. The third-order valence-corrected chi connectivity index (χ3v) is 3.39. The largest absolute Gasteiger partial charge is 0.355 e.